The molecule has 1 fully saturated rings. The smallest absolute Gasteiger partial charge is 0.260 e. The van der Waals surface area contributed by atoms with Crippen LogP contribution < -0.4 is 9.64 Å². The van der Waals surface area contributed by atoms with Gasteiger partial charge in [0.15, 0.2) is 6.61 Å². The Bertz CT molecular complexity index is 843. The largest absolute Gasteiger partial charge is 0.483 e. The predicted molar refractivity (Wildman–Crippen MR) is 114 cm³/mol. The minimum Gasteiger partial charge on any atom is -0.483 e. The molecule has 0 aliphatic carbocycles. The van der Waals surface area contributed by atoms with E-state index in [1.807, 2.05) is 29.2 Å². The Balaban J connectivity index is 1.53. The maximum Gasteiger partial charge on any atom is 0.260 e. The van der Waals surface area contributed by atoms with E-state index in [4.69, 9.17) is 4.74 Å². The monoisotopic (exact) mass is 448 g/mol. The lowest BCUT2D eigenvalue weighted by molar-refractivity contribution is -0.133. The fourth-order valence-corrected chi connectivity index (χ4v) is 3.71. The zero-order valence-corrected chi connectivity index (χ0v) is 18.1. The van der Waals surface area contributed by atoms with E-state index in [0.29, 0.717) is 37.6 Å². The number of ether oxygens (including phenoxy) is 1. The Morgan fingerprint density at radius 3 is 2.39 bits per heavy atom. The Hall–Kier alpha value is -2.08. The number of carbonyl (C=O) groups is 1. The van der Waals surface area contributed by atoms with Crippen LogP contribution in [0.25, 0.3) is 0 Å². The summed E-state index contributed by atoms with van der Waals surface area (Å²) in [5.41, 5.74) is 1.84. The molecule has 1 aliphatic heterocycles. The van der Waals surface area contributed by atoms with Gasteiger partial charge in [-0.25, -0.2) is 4.39 Å². The topological polar surface area (TPSA) is 32.8 Å². The van der Waals surface area contributed by atoms with Crippen LogP contribution in [0.4, 0.5) is 10.1 Å². The van der Waals surface area contributed by atoms with E-state index in [1.165, 1.54) is 11.6 Å². The van der Waals surface area contributed by atoms with Crippen molar-refractivity contribution >= 4 is 27.5 Å². The average Bonchev–Trinajstić information content (AvgIpc) is 2.66. The molecule has 1 heterocycles. The summed E-state index contributed by atoms with van der Waals surface area (Å²) in [6.45, 7) is 8.78. The molecule has 0 atom stereocenters. The van der Waals surface area contributed by atoms with Crippen LogP contribution in [0.15, 0.2) is 46.9 Å². The summed E-state index contributed by atoms with van der Waals surface area (Å²) in [7, 11) is 0. The van der Waals surface area contributed by atoms with Crippen molar-refractivity contribution in [2.75, 3.05) is 37.7 Å². The molecule has 6 heteroatoms. The van der Waals surface area contributed by atoms with Crippen molar-refractivity contribution in [2.45, 2.75) is 26.2 Å². The van der Waals surface area contributed by atoms with Gasteiger partial charge in [0.25, 0.3) is 5.91 Å². The van der Waals surface area contributed by atoms with Crippen LogP contribution in [0.3, 0.4) is 0 Å². The molecule has 4 nitrogen and oxygen atoms in total. The second-order valence-corrected chi connectivity index (χ2v) is 8.86. The van der Waals surface area contributed by atoms with Crippen LogP contribution in [0.1, 0.15) is 26.3 Å². The van der Waals surface area contributed by atoms with E-state index in [2.05, 4.69) is 36.7 Å². The molecule has 2 aromatic carbocycles. The molecule has 0 unspecified atom stereocenters. The Morgan fingerprint density at radius 2 is 1.79 bits per heavy atom. The minimum absolute atomic E-state index is 0.00678. The van der Waals surface area contributed by atoms with E-state index >= 15 is 0 Å². The van der Waals surface area contributed by atoms with Crippen LogP contribution in [0, 0.1) is 5.82 Å². The van der Waals surface area contributed by atoms with Crippen LogP contribution in [-0.4, -0.2) is 43.6 Å². The van der Waals surface area contributed by atoms with E-state index in [0.717, 1.165) is 4.47 Å². The van der Waals surface area contributed by atoms with Crippen molar-refractivity contribution < 1.29 is 13.9 Å². The third kappa shape index (κ3) is 4.85. The van der Waals surface area contributed by atoms with E-state index in [1.54, 1.807) is 17.0 Å². The lowest BCUT2D eigenvalue weighted by Gasteiger charge is -2.36. The summed E-state index contributed by atoms with van der Waals surface area (Å²) < 4.78 is 20.5. The highest BCUT2D eigenvalue weighted by Gasteiger charge is 2.23. The molecule has 0 radical (unpaired) electrons. The standard InChI is InChI=1S/C22H26BrFN2O2/c1-22(2,3)16-8-9-20(17(23)14-16)28-15-21(27)26-12-10-25(11-13-26)19-7-5-4-6-18(19)24/h4-9,14H,10-13,15H2,1-3H3. The molecule has 0 bridgehead atoms. The predicted octanol–water partition coefficient (Wildman–Crippen LogP) is 4.61. The first kappa shape index (κ1) is 20.6. The van der Waals surface area contributed by atoms with E-state index in [-0.39, 0.29) is 23.7 Å². The summed E-state index contributed by atoms with van der Waals surface area (Å²) in [6, 6.07) is 12.7. The number of rotatable bonds is 4. The van der Waals surface area contributed by atoms with Crippen molar-refractivity contribution in [2.24, 2.45) is 0 Å². The molecular weight excluding hydrogens is 423 g/mol. The van der Waals surface area contributed by atoms with Gasteiger partial charge in [-0.3, -0.25) is 4.79 Å². The Morgan fingerprint density at radius 1 is 1.11 bits per heavy atom. The molecule has 1 saturated heterocycles. The van der Waals surface area contributed by atoms with Crippen LogP contribution in [-0.2, 0) is 10.2 Å². The zero-order valence-electron chi connectivity index (χ0n) is 16.5. The number of hydrogen-bond acceptors (Lipinski definition) is 3. The van der Waals surface area contributed by atoms with E-state index < -0.39 is 0 Å². The van der Waals surface area contributed by atoms with Crippen molar-refractivity contribution in [3.05, 3.63) is 58.3 Å². The summed E-state index contributed by atoms with van der Waals surface area (Å²) in [4.78, 5) is 16.3. The van der Waals surface area contributed by atoms with E-state index in [9.17, 15) is 9.18 Å². The molecule has 2 aromatic rings. The van der Waals surface area contributed by atoms with Gasteiger partial charge in [-0.1, -0.05) is 39.0 Å². The normalized spacial score (nSPS) is 14.9. The molecule has 28 heavy (non-hydrogen) atoms. The number of hydrogen-bond donors (Lipinski definition) is 0. The number of halogens is 2. The van der Waals surface area contributed by atoms with Gasteiger partial charge in [-0.15, -0.1) is 0 Å². The Kier molecular flexibility index (Phi) is 6.28. The number of carbonyl (C=O) groups excluding carboxylic acids is 1. The second-order valence-electron chi connectivity index (χ2n) is 8.00. The SMILES string of the molecule is CC(C)(C)c1ccc(OCC(=O)N2CCN(c3ccccc3F)CC2)c(Br)c1. The van der Waals surface area contributed by atoms with Crippen LogP contribution >= 0.6 is 15.9 Å². The summed E-state index contributed by atoms with van der Waals surface area (Å²) >= 11 is 3.53. The molecule has 0 aromatic heterocycles. The highest BCUT2D eigenvalue weighted by Crippen LogP contribution is 2.31. The van der Waals surface area contributed by atoms with Gasteiger partial charge in [0.2, 0.25) is 0 Å². The maximum atomic E-state index is 13.9. The molecule has 0 N–H and O–H groups in total. The Labute approximate surface area is 174 Å². The molecule has 1 aliphatic rings. The van der Waals surface area contributed by atoms with Crippen molar-refractivity contribution in [3.8, 4) is 5.75 Å². The van der Waals surface area contributed by atoms with Crippen molar-refractivity contribution in [3.63, 3.8) is 0 Å². The number of piperazine rings is 1. The first-order valence-corrected chi connectivity index (χ1v) is 10.2. The van der Waals surface area contributed by atoms with Gasteiger partial charge < -0.3 is 14.5 Å². The summed E-state index contributed by atoms with van der Waals surface area (Å²) in [6.07, 6.45) is 0. The maximum absolute atomic E-state index is 13.9. The highest BCUT2D eigenvalue weighted by molar-refractivity contribution is 9.10. The molecule has 150 valence electrons. The van der Waals surface area contributed by atoms with Gasteiger partial charge in [-0.2, -0.15) is 0 Å². The molecule has 0 saturated carbocycles. The van der Waals surface area contributed by atoms with Crippen molar-refractivity contribution in [1.82, 2.24) is 4.90 Å². The first-order chi connectivity index (χ1) is 13.3. The first-order valence-electron chi connectivity index (χ1n) is 9.46. The molecule has 3 rings (SSSR count). The highest BCUT2D eigenvalue weighted by atomic mass is 79.9. The van der Waals surface area contributed by atoms with Crippen LogP contribution in [0.5, 0.6) is 5.75 Å². The lowest BCUT2D eigenvalue weighted by Crippen LogP contribution is -2.50. The van der Waals surface area contributed by atoms with Crippen LogP contribution in [0.2, 0.25) is 0 Å². The van der Waals surface area contributed by atoms with Gasteiger partial charge in [0.1, 0.15) is 11.6 Å². The number of nitrogens with zero attached hydrogens (tertiary/aromatic N) is 2. The van der Waals surface area contributed by atoms with Gasteiger partial charge in [0, 0.05) is 26.2 Å². The lowest BCUT2D eigenvalue weighted by atomic mass is 9.87. The fourth-order valence-electron chi connectivity index (χ4n) is 3.22. The van der Waals surface area contributed by atoms with Gasteiger partial charge in [-0.05, 0) is 51.2 Å². The fraction of sp³-hybridized carbons (Fsp3) is 0.409. The molecular formula is C22H26BrFN2O2. The van der Waals surface area contributed by atoms with Gasteiger partial charge in [0.05, 0.1) is 10.2 Å². The van der Waals surface area contributed by atoms with Gasteiger partial charge >= 0.3 is 0 Å². The minimum atomic E-state index is -0.228. The zero-order chi connectivity index (χ0) is 20.3. The summed E-state index contributed by atoms with van der Waals surface area (Å²) in [5, 5.41) is 0. The third-order valence-electron chi connectivity index (χ3n) is 4.97. The molecule has 0 spiro atoms. The quantitative estimate of drug-likeness (QED) is 0.684. The number of benzene rings is 2. The number of anilines is 1. The number of amides is 1. The average molecular weight is 449 g/mol. The third-order valence-corrected chi connectivity index (χ3v) is 5.59. The summed E-state index contributed by atoms with van der Waals surface area (Å²) in [5.74, 6) is 0.375. The van der Waals surface area contributed by atoms with Crippen molar-refractivity contribution in [1.29, 1.82) is 0 Å². The second kappa shape index (κ2) is 8.52. The number of para-hydroxylation sites is 1. The molecule has 1 amide bonds.